The molecule has 5 heteroatoms. The van der Waals surface area contributed by atoms with Crippen molar-refractivity contribution < 1.29 is 4.74 Å². The van der Waals surface area contributed by atoms with Crippen LogP contribution in [0.4, 0.5) is 5.82 Å². The average Bonchev–Trinajstić information content (AvgIpc) is 2.41. The Labute approximate surface area is 136 Å². The van der Waals surface area contributed by atoms with E-state index in [1.165, 1.54) is 5.56 Å². The highest BCUT2D eigenvalue weighted by Crippen LogP contribution is 2.24. The Morgan fingerprint density at radius 3 is 2.60 bits per heavy atom. The van der Waals surface area contributed by atoms with E-state index in [0.717, 1.165) is 20.5 Å². The molecular formula is C15H16Br2N2O. The second-order valence-electron chi connectivity index (χ2n) is 4.65. The molecule has 1 unspecified atom stereocenters. The van der Waals surface area contributed by atoms with Crippen LogP contribution in [0.15, 0.2) is 45.5 Å². The number of anilines is 1. The second kappa shape index (κ2) is 7.09. The number of nitrogens with one attached hydrogen (secondary N) is 1. The summed E-state index contributed by atoms with van der Waals surface area (Å²) in [6, 6.07) is 10.2. The van der Waals surface area contributed by atoms with Crippen molar-refractivity contribution in [2.75, 3.05) is 11.9 Å². The highest BCUT2D eigenvalue weighted by molar-refractivity contribution is 9.11. The minimum Gasteiger partial charge on any atom is -0.491 e. The monoisotopic (exact) mass is 398 g/mol. The topological polar surface area (TPSA) is 34.1 Å². The molecule has 1 aromatic carbocycles. The van der Waals surface area contributed by atoms with Crippen molar-refractivity contribution >= 4 is 37.7 Å². The van der Waals surface area contributed by atoms with Crippen LogP contribution in [0.5, 0.6) is 5.75 Å². The van der Waals surface area contributed by atoms with Gasteiger partial charge in [0.1, 0.15) is 18.2 Å². The van der Waals surface area contributed by atoms with Gasteiger partial charge in [0.2, 0.25) is 0 Å². The molecule has 0 aliphatic carbocycles. The fraction of sp³-hybridized carbons (Fsp3) is 0.267. The summed E-state index contributed by atoms with van der Waals surface area (Å²) in [5, 5.41) is 3.32. The van der Waals surface area contributed by atoms with Gasteiger partial charge in [-0.15, -0.1) is 0 Å². The molecule has 1 heterocycles. The molecule has 1 aromatic heterocycles. The Bertz CT molecular complexity index is 573. The summed E-state index contributed by atoms with van der Waals surface area (Å²) in [5.41, 5.74) is 1.23. The molecule has 0 saturated heterocycles. The second-order valence-corrected chi connectivity index (χ2v) is 6.42. The lowest BCUT2D eigenvalue weighted by atomic mass is 10.2. The quantitative estimate of drug-likeness (QED) is 0.784. The largest absolute Gasteiger partial charge is 0.491 e. The number of aromatic nitrogens is 1. The van der Waals surface area contributed by atoms with Gasteiger partial charge in [-0.2, -0.15) is 0 Å². The van der Waals surface area contributed by atoms with Crippen molar-refractivity contribution in [2.45, 2.75) is 19.9 Å². The molecule has 20 heavy (non-hydrogen) atoms. The zero-order chi connectivity index (χ0) is 14.5. The maximum atomic E-state index is 5.74. The first-order chi connectivity index (χ1) is 9.54. The normalized spacial score (nSPS) is 12.0. The van der Waals surface area contributed by atoms with Crippen LogP contribution >= 0.6 is 31.9 Å². The number of halogens is 2. The van der Waals surface area contributed by atoms with Crippen LogP contribution < -0.4 is 10.1 Å². The minimum absolute atomic E-state index is 0.154. The molecule has 1 N–H and O–H groups in total. The van der Waals surface area contributed by atoms with Crippen LogP contribution in [0, 0.1) is 6.92 Å². The molecule has 1 atom stereocenters. The summed E-state index contributed by atoms with van der Waals surface area (Å²) in [6.45, 7) is 4.70. The first-order valence-electron chi connectivity index (χ1n) is 6.31. The Morgan fingerprint density at radius 2 is 1.95 bits per heavy atom. The van der Waals surface area contributed by atoms with Gasteiger partial charge in [0.25, 0.3) is 0 Å². The molecule has 106 valence electrons. The van der Waals surface area contributed by atoms with Crippen LogP contribution in [0.3, 0.4) is 0 Å². The van der Waals surface area contributed by atoms with Crippen LogP contribution in [-0.4, -0.2) is 17.6 Å². The van der Waals surface area contributed by atoms with Crippen molar-refractivity contribution in [3.63, 3.8) is 0 Å². The van der Waals surface area contributed by atoms with E-state index in [4.69, 9.17) is 4.74 Å². The third-order valence-corrected chi connectivity index (χ3v) is 3.75. The summed E-state index contributed by atoms with van der Waals surface area (Å²) in [7, 11) is 0. The number of aryl methyl sites for hydroxylation is 1. The molecule has 0 amide bonds. The molecule has 0 saturated carbocycles. The van der Waals surface area contributed by atoms with Gasteiger partial charge in [-0.1, -0.05) is 17.7 Å². The van der Waals surface area contributed by atoms with Crippen molar-refractivity contribution in [1.29, 1.82) is 0 Å². The molecule has 0 spiro atoms. The van der Waals surface area contributed by atoms with E-state index in [2.05, 4.69) is 56.0 Å². The standard InChI is InChI=1S/C15H16Br2N2O/c1-10-3-5-13(6-4-10)20-9-11(2)19-15-14(17)7-12(16)8-18-15/h3-8,11H,9H2,1-2H3,(H,18,19). The molecule has 2 rings (SSSR count). The van der Waals surface area contributed by atoms with Crippen molar-refractivity contribution in [1.82, 2.24) is 4.98 Å². The third kappa shape index (κ3) is 4.49. The first kappa shape index (κ1) is 15.3. The summed E-state index contributed by atoms with van der Waals surface area (Å²) in [5.74, 6) is 1.69. The van der Waals surface area contributed by atoms with Crippen molar-refractivity contribution in [2.24, 2.45) is 0 Å². The summed E-state index contributed by atoms with van der Waals surface area (Å²) >= 11 is 6.87. The lowest BCUT2D eigenvalue weighted by Gasteiger charge is -2.16. The van der Waals surface area contributed by atoms with Crippen molar-refractivity contribution in [3.8, 4) is 5.75 Å². The highest BCUT2D eigenvalue weighted by atomic mass is 79.9. The van der Waals surface area contributed by atoms with Gasteiger partial charge in [-0.05, 0) is 63.9 Å². The number of nitrogens with zero attached hydrogens (tertiary/aromatic N) is 1. The lowest BCUT2D eigenvalue weighted by Crippen LogP contribution is -2.24. The Morgan fingerprint density at radius 1 is 1.25 bits per heavy atom. The number of rotatable bonds is 5. The number of ether oxygens (including phenoxy) is 1. The van der Waals surface area contributed by atoms with E-state index < -0.39 is 0 Å². The fourth-order valence-electron chi connectivity index (χ4n) is 1.65. The Hall–Kier alpha value is -1.07. The van der Waals surface area contributed by atoms with Gasteiger partial charge in [0.05, 0.1) is 10.5 Å². The van der Waals surface area contributed by atoms with E-state index in [-0.39, 0.29) is 6.04 Å². The van der Waals surface area contributed by atoms with Crippen LogP contribution in [0.1, 0.15) is 12.5 Å². The number of hydrogen-bond donors (Lipinski definition) is 1. The first-order valence-corrected chi connectivity index (χ1v) is 7.90. The molecular weight excluding hydrogens is 384 g/mol. The van der Waals surface area contributed by atoms with Gasteiger partial charge in [-0.25, -0.2) is 4.98 Å². The van der Waals surface area contributed by atoms with E-state index in [9.17, 15) is 0 Å². The molecule has 0 aliphatic heterocycles. The number of pyridine rings is 1. The minimum atomic E-state index is 0.154. The maximum Gasteiger partial charge on any atom is 0.140 e. The molecule has 0 aliphatic rings. The Kier molecular flexibility index (Phi) is 5.43. The SMILES string of the molecule is Cc1ccc(OCC(C)Nc2ncc(Br)cc2Br)cc1. The van der Waals surface area contributed by atoms with Gasteiger partial charge >= 0.3 is 0 Å². The van der Waals surface area contributed by atoms with E-state index in [1.807, 2.05) is 30.3 Å². The van der Waals surface area contributed by atoms with Crippen LogP contribution in [0.25, 0.3) is 0 Å². The third-order valence-electron chi connectivity index (χ3n) is 2.71. The lowest BCUT2D eigenvalue weighted by molar-refractivity contribution is 0.303. The zero-order valence-corrected chi connectivity index (χ0v) is 14.5. The summed E-state index contributed by atoms with van der Waals surface area (Å²) < 4.78 is 7.61. The number of hydrogen-bond acceptors (Lipinski definition) is 3. The van der Waals surface area contributed by atoms with Crippen molar-refractivity contribution in [3.05, 3.63) is 51.0 Å². The zero-order valence-electron chi connectivity index (χ0n) is 11.4. The molecule has 2 aromatic rings. The number of benzene rings is 1. The molecule has 0 radical (unpaired) electrons. The van der Waals surface area contributed by atoms with E-state index in [1.54, 1.807) is 6.20 Å². The van der Waals surface area contributed by atoms with Gasteiger partial charge in [-0.3, -0.25) is 0 Å². The predicted molar refractivity (Wildman–Crippen MR) is 89.4 cm³/mol. The highest BCUT2D eigenvalue weighted by Gasteiger charge is 2.07. The van der Waals surface area contributed by atoms with Gasteiger partial charge < -0.3 is 10.1 Å². The van der Waals surface area contributed by atoms with E-state index in [0.29, 0.717) is 6.61 Å². The summed E-state index contributed by atoms with van der Waals surface area (Å²) in [6.07, 6.45) is 1.76. The molecule has 0 bridgehead atoms. The maximum absolute atomic E-state index is 5.74. The fourth-order valence-corrected chi connectivity index (χ4v) is 2.75. The molecule has 0 fully saturated rings. The van der Waals surface area contributed by atoms with Gasteiger partial charge in [0, 0.05) is 10.7 Å². The summed E-state index contributed by atoms with van der Waals surface area (Å²) in [4.78, 5) is 4.32. The van der Waals surface area contributed by atoms with E-state index >= 15 is 0 Å². The smallest absolute Gasteiger partial charge is 0.140 e. The average molecular weight is 400 g/mol. The molecule has 3 nitrogen and oxygen atoms in total. The van der Waals surface area contributed by atoms with Crippen LogP contribution in [-0.2, 0) is 0 Å². The predicted octanol–water partition coefficient (Wildman–Crippen LogP) is 4.79. The Balaban J connectivity index is 1.89. The van der Waals surface area contributed by atoms with Gasteiger partial charge in [0.15, 0.2) is 0 Å². The van der Waals surface area contributed by atoms with Crippen LogP contribution in [0.2, 0.25) is 0 Å².